The SMILES string of the molecule is O=C(O)CN(Cc1ccoc1)CC1CC1. The van der Waals surface area contributed by atoms with Crippen molar-refractivity contribution in [1.29, 1.82) is 0 Å². The van der Waals surface area contributed by atoms with Gasteiger partial charge >= 0.3 is 5.97 Å². The lowest BCUT2D eigenvalue weighted by Crippen LogP contribution is -2.31. The zero-order valence-corrected chi connectivity index (χ0v) is 8.56. The van der Waals surface area contributed by atoms with Crippen LogP contribution in [0.4, 0.5) is 0 Å². The standard InChI is InChI=1S/C11H15NO3/c13-11(14)7-12(5-9-1-2-9)6-10-3-4-15-8-10/h3-4,8-9H,1-2,5-7H2,(H,13,14). The van der Waals surface area contributed by atoms with Gasteiger partial charge in [-0.2, -0.15) is 0 Å². The number of carboxylic acids is 1. The lowest BCUT2D eigenvalue weighted by molar-refractivity contribution is -0.138. The van der Waals surface area contributed by atoms with Crippen LogP contribution >= 0.6 is 0 Å². The number of aliphatic carboxylic acids is 1. The van der Waals surface area contributed by atoms with Gasteiger partial charge in [-0.3, -0.25) is 9.69 Å². The van der Waals surface area contributed by atoms with Gasteiger partial charge in [0.1, 0.15) is 0 Å². The Morgan fingerprint density at radius 3 is 2.93 bits per heavy atom. The van der Waals surface area contributed by atoms with E-state index in [2.05, 4.69) is 0 Å². The number of rotatable bonds is 6. The third kappa shape index (κ3) is 3.40. The molecule has 0 radical (unpaired) electrons. The van der Waals surface area contributed by atoms with Gasteiger partial charge in [-0.15, -0.1) is 0 Å². The van der Waals surface area contributed by atoms with Crippen molar-refractivity contribution in [2.75, 3.05) is 13.1 Å². The van der Waals surface area contributed by atoms with E-state index >= 15 is 0 Å². The van der Waals surface area contributed by atoms with Gasteiger partial charge in [0, 0.05) is 18.7 Å². The van der Waals surface area contributed by atoms with Gasteiger partial charge in [-0.1, -0.05) is 0 Å². The van der Waals surface area contributed by atoms with E-state index in [9.17, 15) is 4.79 Å². The number of hydrogen-bond acceptors (Lipinski definition) is 3. The minimum absolute atomic E-state index is 0.113. The van der Waals surface area contributed by atoms with Gasteiger partial charge in [0.05, 0.1) is 19.1 Å². The molecule has 82 valence electrons. The second-order valence-electron chi connectivity index (χ2n) is 4.14. The van der Waals surface area contributed by atoms with E-state index in [0.717, 1.165) is 12.1 Å². The summed E-state index contributed by atoms with van der Waals surface area (Å²) >= 11 is 0. The van der Waals surface area contributed by atoms with Crippen LogP contribution in [0.1, 0.15) is 18.4 Å². The summed E-state index contributed by atoms with van der Waals surface area (Å²) in [6.45, 7) is 1.67. The molecule has 1 N–H and O–H groups in total. The van der Waals surface area contributed by atoms with Crippen LogP contribution in [0, 0.1) is 5.92 Å². The molecule has 15 heavy (non-hydrogen) atoms. The maximum absolute atomic E-state index is 10.7. The highest BCUT2D eigenvalue weighted by atomic mass is 16.4. The first-order valence-corrected chi connectivity index (χ1v) is 5.19. The molecule has 0 unspecified atom stereocenters. The third-order valence-electron chi connectivity index (χ3n) is 2.56. The molecule has 0 aromatic carbocycles. The summed E-state index contributed by atoms with van der Waals surface area (Å²) in [4.78, 5) is 12.6. The Bertz CT molecular complexity index is 317. The average molecular weight is 209 g/mol. The van der Waals surface area contributed by atoms with Crippen LogP contribution in [0.2, 0.25) is 0 Å². The van der Waals surface area contributed by atoms with E-state index in [0.29, 0.717) is 12.5 Å². The van der Waals surface area contributed by atoms with Crippen molar-refractivity contribution in [3.63, 3.8) is 0 Å². The Balaban J connectivity index is 1.88. The number of hydrogen-bond donors (Lipinski definition) is 1. The van der Waals surface area contributed by atoms with E-state index in [1.165, 1.54) is 12.8 Å². The number of nitrogens with zero attached hydrogens (tertiary/aromatic N) is 1. The van der Waals surface area contributed by atoms with Crippen molar-refractivity contribution in [1.82, 2.24) is 4.90 Å². The molecule has 1 aliphatic rings. The fraction of sp³-hybridized carbons (Fsp3) is 0.545. The monoisotopic (exact) mass is 209 g/mol. The van der Waals surface area contributed by atoms with E-state index < -0.39 is 5.97 Å². The van der Waals surface area contributed by atoms with Crippen molar-refractivity contribution in [3.8, 4) is 0 Å². The predicted molar refractivity (Wildman–Crippen MR) is 54.3 cm³/mol. The largest absolute Gasteiger partial charge is 0.480 e. The van der Waals surface area contributed by atoms with Crippen molar-refractivity contribution < 1.29 is 14.3 Å². The summed E-state index contributed by atoms with van der Waals surface area (Å²) < 4.78 is 4.97. The summed E-state index contributed by atoms with van der Waals surface area (Å²) in [5, 5.41) is 8.78. The highest BCUT2D eigenvalue weighted by molar-refractivity contribution is 5.69. The molecule has 2 rings (SSSR count). The Kier molecular flexibility index (Phi) is 3.06. The minimum atomic E-state index is -0.765. The summed E-state index contributed by atoms with van der Waals surface area (Å²) in [7, 11) is 0. The molecule has 1 fully saturated rings. The van der Waals surface area contributed by atoms with Crippen LogP contribution < -0.4 is 0 Å². The molecule has 1 aromatic heterocycles. The summed E-state index contributed by atoms with van der Waals surface area (Å²) in [6, 6.07) is 1.88. The van der Waals surface area contributed by atoms with Crippen LogP contribution in [0.3, 0.4) is 0 Å². The molecule has 1 heterocycles. The zero-order chi connectivity index (χ0) is 10.7. The highest BCUT2D eigenvalue weighted by Crippen LogP contribution is 2.30. The van der Waals surface area contributed by atoms with Crippen molar-refractivity contribution in [3.05, 3.63) is 24.2 Å². The van der Waals surface area contributed by atoms with Gasteiger partial charge < -0.3 is 9.52 Å². The first-order chi connectivity index (χ1) is 7.24. The summed E-state index contributed by atoms with van der Waals surface area (Å²) in [5.74, 6) is -0.0598. The fourth-order valence-corrected chi connectivity index (χ4v) is 1.68. The molecule has 1 aromatic rings. The third-order valence-corrected chi connectivity index (χ3v) is 2.56. The van der Waals surface area contributed by atoms with E-state index in [1.54, 1.807) is 12.5 Å². The lowest BCUT2D eigenvalue weighted by Gasteiger charge is -2.18. The Labute approximate surface area is 88.5 Å². The number of carbonyl (C=O) groups is 1. The summed E-state index contributed by atoms with van der Waals surface area (Å²) in [6.07, 6.45) is 5.76. The molecule has 4 nitrogen and oxygen atoms in total. The van der Waals surface area contributed by atoms with Gasteiger partial charge in [0.2, 0.25) is 0 Å². The van der Waals surface area contributed by atoms with Crippen LogP contribution in [-0.4, -0.2) is 29.1 Å². The molecule has 0 saturated heterocycles. The molecule has 1 aliphatic carbocycles. The molecule has 0 atom stereocenters. The molecular formula is C11H15NO3. The highest BCUT2D eigenvalue weighted by Gasteiger charge is 2.25. The van der Waals surface area contributed by atoms with E-state index in [1.807, 2.05) is 11.0 Å². The Hall–Kier alpha value is -1.29. The van der Waals surface area contributed by atoms with Gasteiger partial charge in [0.25, 0.3) is 0 Å². The lowest BCUT2D eigenvalue weighted by atomic mass is 10.3. The zero-order valence-electron chi connectivity index (χ0n) is 8.56. The molecule has 0 spiro atoms. The van der Waals surface area contributed by atoms with Crippen LogP contribution in [0.15, 0.2) is 23.0 Å². The molecular weight excluding hydrogens is 194 g/mol. The average Bonchev–Trinajstić information content (AvgIpc) is 2.80. The smallest absolute Gasteiger partial charge is 0.317 e. The number of furan rings is 1. The van der Waals surface area contributed by atoms with Crippen molar-refractivity contribution >= 4 is 5.97 Å². The first-order valence-electron chi connectivity index (χ1n) is 5.19. The van der Waals surface area contributed by atoms with Crippen LogP contribution in [-0.2, 0) is 11.3 Å². The molecule has 0 amide bonds. The van der Waals surface area contributed by atoms with Crippen LogP contribution in [0.25, 0.3) is 0 Å². The van der Waals surface area contributed by atoms with Crippen LogP contribution in [0.5, 0.6) is 0 Å². The fourth-order valence-electron chi connectivity index (χ4n) is 1.68. The number of carboxylic acid groups (broad SMARTS) is 1. The maximum Gasteiger partial charge on any atom is 0.317 e. The predicted octanol–water partition coefficient (Wildman–Crippen LogP) is 1.58. The summed E-state index contributed by atoms with van der Waals surface area (Å²) in [5.41, 5.74) is 1.04. The molecule has 1 saturated carbocycles. The molecule has 0 bridgehead atoms. The first kappa shape index (κ1) is 10.2. The Morgan fingerprint density at radius 2 is 2.40 bits per heavy atom. The topological polar surface area (TPSA) is 53.7 Å². The van der Waals surface area contributed by atoms with Crippen molar-refractivity contribution in [2.45, 2.75) is 19.4 Å². The minimum Gasteiger partial charge on any atom is -0.480 e. The van der Waals surface area contributed by atoms with E-state index in [-0.39, 0.29) is 6.54 Å². The van der Waals surface area contributed by atoms with Gasteiger partial charge in [0.15, 0.2) is 0 Å². The molecule has 0 aliphatic heterocycles. The van der Waals surface area contributed by atoms with Crippen molar-refractivity contribution in [2.24, 2.45) is 5.92 Å². The second kappa shape index (κ2) is 4.49. The Morgan fingerprint density at radius 1 is 1.60 bits per heavy atom. The van der Waals surface area contributed by atoms with E-state index in [4.69, 9.17) is 9.52 Å². The maximum atomic E-state index is 10.7. The quantitative estimate of drug-likeness (QED) is 0.772. The second-order valence-corrected chi connectivity index (χ2v) is 4.14. The van der Waals surface area contributed by atoms with Gasteiger partial charge in [-0.05, 0) is 24.8 Å². The molecule has 4 heteroatoms. The normalized spacial score (nSPS) is 15.8. The van der Waals surface area contributed by atoms with Gasteiger partial charge in [-0.25, -0.2) is 0 Å².